The van der Waals surface area contributed by atoms with Gasteiger partial charge in [-0.3, -0.25) is 0 Å². The Hall–Kier alpha value is -0.840. The van der Waals surface area contributed by atoms with Crippen molar-refractivity contribution >= 4 is 0 Å². The van der Waals surface area contributed by atoms with Crippen LogP contribution in [0.15, 0.2) is 16.7 Å². The summed E-state index contributed by atoms with van der Waals surface area (Å²) < 4.78 is 11.1. The summed E-state index contributed by atoms with van der Waals surface area (Å²) in [7, 11) is 2.17. The van der Waals surface area contributed by atoms with Crippen molar-refractivity contribution in [1.82, 2.24) is 4.90 Å². The maximum atomic E-state index is 5.74. The highest BCUT2D eigenvalue weighted by Gasteiger charge is 2.19. The molecule has 1 aliphatic rings. The number of nitrogens with two attached hydrogens (primary N) is 1. The Balaban J connectivity index is 1.75. The number of hydrogen-bond acceptors (Lipinski definition) is 4. The van der Waals surface area contributed by atoms with E-state index in [9.17, 15) is 0 Å². The van der Waals surface area contributed by atoms with E-state index in [0.29, 0.717) is 19.2 Å². The van der Waals surface area contributed by atoms with Crippen LogP contribution in [-0.2, 0) is 17.9 Å². The fraction of sp³-hybridized carbons (Fsp3) is 0.692. The first kappa shape index (κ1) is 12.6. The molecule has 1 aromatic rings. The SMILES string of the molecule is CN1CCCCC1COCc1occc1CN. The van der Waals surface area contributed by atoms with E-state index in [0.717, 1.165) is 17.9 Å². The molecule has 0 radical (unpaired) electrons. The predicted molar refractivity (Wildman–Crippen MR) is 66.5 cm³/mol. The fourth-order valence-electron chi connectivity index (χ4n) is 2.32. The van der Waals surface area contributed by atoms with Gasteiger partial charge in [-0.2, -0.15) is 0 Å². The summed E-state index contributed by atoms with van der Waals surface area (Å²) in [6.45, 7) is 3.01. The number of ether oxygens (including phenoxy) is 1. The third-order valence-electron chi connectivity index (χ3n) is 3.52. The Morgan fingerprint density at radius 3 is 3.18 bits per heavy atom. The minimum Gasteiger partial charge on any atom is -0.467 e. The molecule has 2 N–H and O–H groups in total. The van der Waals surface area contributed by atoms with Gasteiger partial charge in [0.05, 0.1) is 12.9 Å². The Kier molecular flexibility index (Phi) is 4.59. The first-order chi connectivity index (χ1) is 8.31. The molecule has 17 heavy (non-hydrogen) atoms. The summed E-state index contributed by atoms with van der Waals surface area (Å²) in [6, 6.07) is 2.46. The van der Waals surface area contributed by atoms with Crippen molar-refractivity contribution in [2.24, 2.45) is 5.73 Å². The number of likely N-dealkylation sites (N-methyl/N-ethyl adjacent to an activating group) is 1. The first-order valence-corrected chi connectivity index (χ1v) is 6.34. The van der Waals surface area contributed by atoms with Gasteiger partial charge in [0, 0.05) is 18.2 Å². The molecule has 0 aliphatic carbocycles. The van der Waals surface area contributed by atoms with Gasteiger partial charge < -0.3 is 19.8 Å². The van der Waals surface area contributed by atoms with E-state index >= 15 is 0 Å². The summed E-state index contributed by atoms with van der Waals surface area (Å²) in [6.07, 6.45) is 5.53. The lowest BCUT2D eigenvalue weighted by Crippen LogP contribution is -2.39. The van der Waals surface area contributed by atoms with Gasteiger partial charge in [0.15, 0.2) is 0 Å². The highest BCUT2D eigenvalue weighted by molar-refractivity contribution is 5.15. The molecule has 4 heteroatoms. The average molecular weight is 238 g/mol. The Bertz CT molecular complexity index is 338. The molecule has 1 atom stereocenters. The predicted octanol–water partition coefficient (Wildman–Crippen LogP) is 1.74. The molecule has 96 valence electrons. The smallest absolute Gasteiger partial charge is 0.133 e. The van der Waals surface area contributed by atoms with E-state index in [-0.39, 0.29) is 0 Å². The average Bonchev–Trinajstić information content (AvgIpc) is 2.79. The van der Waals surface area contributed by atoms with Gasteiger partial charge in [-0.05, 0) is 32.5 Å². The summed E-state index contributed by atoms with van der Waals surface area (Å²) in [5.74, 6) is 0.867. The standard InChI is InChI=1S/C13H22N2O2/c1-15-6-3-2-4-12(15)9-16-10-13-11(8-14)5-7-17-13/h5,7,12H,2-4,6,8-10,14H2,1H3. The minimum absolute atomic E-state index is 0.512. The second kappa shape index (κ2) is 6.19. The first-order valence-electron chi connectivity index (χ1n) is 6.34. The molecule has 1 unspecified atom stereocenters. The largest absolute Gasteiger partial charge is 0.467 e. The third kappa shape index (κ3) is 3.31. The zero-order chi connectivity index (χ0) is 12.1. The number of piperidine rings is 1. The molecular weight excluding hydrogens is 216 g/mol. The summed E-state index contributed by atoms with van der Waals surface area (Å²) in [4.78, 5) is 2.38. The monoisotopic (exact) mass is 238 g/mol. The van der Waals surface area contributed by atoms with Gasteiger partial charge in [-0.15, -0.1) is 0 Å². The van der Waals surface area contributed by atoms with E-state index in [2.05, 4.69) is 11.9 Å². The quantitative estimate of drug-likeness (QED) is 0.849. The van der Waals surface area contributed by atoms with Crippen LogP contribution in [0.1, 0.15) is 30.6 Å². The van der Waals surface area contributed by atoms with Gasteiger partial charge in [-0.25, -0.2) is 0 Å². The number of rotatable bonds is 5. The molecule has 1 saturated heterocycles. The maximum Gasteiger partial charge on any atom is 0.133 e. The van der Waals surface area contributed by atoms with Crippen LogP contribution in [0.4, 0.5) is 0 Å². The second-order valence-electron chi connectivity index (χ2n) is 4.72. The van der Waals surface area contributed by atoms with Crippen LogP contribution in [0.2, 0.25) is 0 Å². The molecule has 0 spiro atoms. The molecule has 1 aliphatic heterocycles. The maximum absolute atomic E-state index is 5.74. The summed E-state index contributed by atoms with van der Waals surface area (Å²) >= 11 is 0. The molecule has 2 heterocycles. The lowest BCUT2D eigenvalue weighted by Gasteiger charge is -2.32. The molecular formula is C13H22N2O2. The number of furan rings is 1. The molecule has 0 aromatic carbocycles. The lowest BCUT2D eigenvalue weighted by atomic mass is 10.0. The molecule has 2 rings (SSSR count). The van der Waals surface area contributed by atoms with E-state index in [4.69, 9.17) is 14.9 Å². The van der Waals surface area contributed by atoms with E-state index < -0.39 is 0 Å². The van der Waals surface area contributed by atoms with E-state index in [1.165, 1.54) is 25.8 Å². The summed E-state index contributed by atoms with van der Waals surface area (Å²) in [5, 5.41) is 0. The number of nitrogens with zero attached hydrogens (tertiary/aromatic N) is 1. The molecule has 0 bridgehead atoms. The van der Waals surface area contributed by atoms with Crippen LogP contribution in [0.5, 0.6) is 0 Å². The zero-order valence-electron chi connectivity index (χ0n) is 10.5. The molecule has 4 nitrogen and oxygen atoms in total. The van der Waals surface area contributed by atoms with Gasteiger partial charge in [0.25, 0.3) is 0 Å². The van der Waals surface area contributed by atoms with E-state index in [1.807, 2.05) is 6.07 Å². The highest BCUT2D eigenvalue weighted by Crippen LogP contribution is 2.16. The third-order valence-corrected chi connectivity index (χ3v) is 3.52. The Labute approximate surface area is 103 Å². The van der Waals surface area contributed by atoms with Crippen molar-refractivity contribution in [3.05, 3.63) is 23.7 Å². The fourth-order valence-corrected chi connectivity index (χ4v) is 2.32. The second-order valence-corrected chi connectivity index (χ2v) is 4.72. The zero-order valence-corrected chi connectivity index (χ0v) is 10.5. The van der Waals surface area contributed by atoms with Crippen LogP contribution in [0, 0.1) is 0 Å². The number of likely N-dealkylation sites (tertiary alicyclic amines) is 1. The van der Waals surface area contributed by atoms with Crippen molar-refractivity contribution in [3.8, 4) is 0 Å². The van der Waals surface area contributed by atoms with Crippen molar-refractivity contribution < 1.29 is 9.15 Å². The van der Waals surface area contributed by atoms with Crippen LogP contribution in [0.25, 0.3) is 0 Å². The van der Waals surface area contributed by atoms with Crippen LogP contribution in [0.3, 0.4) is 0 Å². The topological polar surface area (TPSA) is 51.6 Å². The van der Waals surface area contributed by atoms with Crippen LogP contribution >= 0.6 is 0 Å². The minimum atomic E-state index is 0.512. The normalized spacial score (nSPS) is 21.9. The molecule has 1 fully saturated rings. The lowest BCUT2D eigenvalue weighted by molar-refractivity contribution is 0.0371. The van der Waals surface area contributed by atoms with Gasteiger partial charge >= 0.3 is 0 Å². The van der Waals surface area contributed by atoms with Crippen molar-refractivity contribution in [3.63, 3.8) is 0 Å². The molecule has 0 amide bonds. The van der Waals surface area contributed by atoms with Gasteiger partial charge in [0.2, 0.25) is 0 Å². The summed E-state index contributed by atoms with van der Waals surface area (Å²) in [5.41, 5.74) is 6.65. The van der Waals surface area contributed by atoms with Gasteiger partial charge in [0.1, 0.15) is 12.4 Å². The van der Waals surface area contributed by atoms with Crippen LogP contribution in [-0.4, -0.2) is 31.1 Å². The highest BCUT2D eigenvalue weighted by atomic mass is 16.5. The Morgan fingerprint density at radius 1 is 1.53 bits per heavy atom. The van der Waals surface area contributed by atoms with Gasteiger partial charge in [-0.1, -0.05) is 6.42 Å². The van der Waals surface area contributed by atoms with Crippen molar-refractivity contribution in [2.45, 2.75) is 38.5 Å². The molecule has 0 saturated carbocycles. The molecule has 1 aromatic heterocycles. The van der Waals surface area contributed by atoms with Crippen LogP contribution < -0.4 is 5.73 Å². The van der Waals surface area contributed by atoms with Crippen molar-refractivity contribution in [2.75, 3.05) is 20.2 Å². The van der Waals surface area contributed by atoms with E-state index in [1.54, 1.807) is 6.26 Å². The van der Waals surface area contributed by atoms with Crippen molar-refractivity contribution in [1.29, 1.82) is 0 Å². The Morgan fingerprint density at radius 2 is 2.41 bits per heavy atom. The number of hydrogen-bond donors (Lipinski definition) is 1.